The van der Waals surface area contributed by atoms with Gasteiger partial charge in [0.1, 0.15) is 0 Å². The summed E-state index contributed by atoms with van der Waals surface area (Å²) in [5.74, 6) is -0.315. The normalized spacial score (nSPS) is 11.3. The van der Waals surface area contributed by atoms with Gasteiger partial charge in [0.15, 0.2) is 5.16 Å². The molecule has 1 heterocycles. The largest absolute Gasteiger partial charge is 0.325 e. The number of para-hydroxylation sites is 1. The van der Waals surface area contributed by atoms with Crippen LogP contribution in [0.25, 0.3) is 10.9 Å². The molecule has 8 nitrogen and oxygen atoms in total. The highest BCUT2D eigenvalue weighted by molar-refractivity contribution is 7.99. The van der Waals surface area contributed by atoms with Crippen molar-refractivity contribution in [1.29, 1.82) is 0 Å². The molecule has 2 aromatic carbocycles. The fourth-order valence-electron chi connectivity index (χ4n) is 2.60. The van der Waals surface area contributed by atoms with Crippen molar-refractivity contribution in [2.75, 3.05) is 11.1 Å². The summed E-state index contributed by atoms with van der Waals surface area (Å²) in [6.45, 7) is 3.94. The lowest BCUT2D eigenvalue weighted by Gasteiger charge is -2.11. The van der Waals surface area contributed by atoms with Gasteiger partial charge in [-0.25, -0.2) is 18.5 Å². The van der Waals surface area contributed by atoms with Crippen LogP contribution in [0.5, 0.6) is 0 Å². The van der Waals surface area contributed by atoms with Crippen LogP contribution in [-0.2, 0) is 21.4 Å². The molecular weight excluding hydrogens is 412 g/mol. The summed E-state index contributed by atoms with van der Waals surface area (Å²) >= 11 is 1.13. The number of thioether (sulfide) groups is 1. The van der Waals surface area contributed by atoms with Gasteiger partial charge in [-0.05, 0) is 36.4 Å². The van der Waals surface area contributed by atoms with E-state index in [1.165, 1.54) is 28.8 Å². The molecule has 150 valence electrons. The summed E-state index contributed by atoms with van der Waals surface area (Å²) < 4.78 is 24.0. The number of primary sulfonamides is 1. The van der Waals surface area contributed by atoms with E-state index in [0.717, 1.165) is 11.8 Å². The maximum Gasteiger partial charge on any atom is 0.262 e. The summed E-state index contributed by atoms with van der Waals surface area (Å²) in [6, 6.07) is 12.5. The monoisotopic (exact) mass is 430 g/mol. The van der Waals surface area contributed by atoms with E-state index < -0.39 is 10.0 Å². The van der Waals surface area contributed by atoms with Crippen molar-refractivity contribution in [3.8, 4) is 0 Å². The quantitative estimate of drug-likeness (QED) is 0.335. The number of sulfonamides is 1. The van der Waals surface area contributed by atoms with Crippen molar-refractivity contribution in [2.45, 2.75) is 16.6 Å². The molecule has 0 bridgehead atoms. The average Bonchev–Trinajstić information content (AvgIpc) is 2.68. The van der Waals surface area contributed by atoms with Gasteiger partial charge >= 0.3 is 0 Å². The second kappa shape index (κ2) is 8.60. The second-order valence-electron chi connectivity index (χ2n) is 6.02. The minimum Gasteiger partial charge on any atom is -0.325 e. The molecule has 0 atom stereocenters. The number of hydrogen-bond donors (Lipinski definition) is 2. The minimum absolute atomic E-state index is 0.0128. The second-order valence-corrected chi connectivity index (χ2v) is 8.53. The number of benzene rings is 2. The number of nitrogens with two attached hydrogens (primary N) is 1. The first-order valence-electron chi connectivity index (χ1n) is 8.45. The van der Waals surface area contributed by atoms with Gasteiger partial charge in [-0.15, -0.1) is 6.58 Å². The molecule has 3 N–H and O–H groups in total. The standard InChI is InChI=1S/C19H18N4O4S2/c1-2-11-23-18(25)15-5-3-4-6-16(15)22-19(23)28-12-17(24)21-13-7-9-14(10-8-13)29(20,26)27/h2-10H,1,11-12H2,(H,21,24)(H2,20,26,27). The Bertz CT molecular complexity index is 1240. The zero-order chi connectivity index (χ0) is 21.0. The number of amides is 1. The fraction of sp³-hybridized carbons (Fsp3) is 0.105. The lowest BCUT2D eigenvalue weighted by Crippen LogP contribution is -2.23. The van der Waals surface area contributed by atoms with Crippen LogP contribution in [0, 0.1) is 0 Å². The van der Waals surface area contributed by atoms with Crippen LogP contribution in [-0.4, -0.2) is 29.6 Å². The van der Waals surface area contributed by atoms with Gasteiger partial charge in [-0.1, -0.05) is 30.0 Å². The van der Waals surface area contributed by atoms with E-state index in [2.05, 4.69) is 16.9 Å². The Labute approximate surface area is 171 Å². The van der Waals surface area contributed by atoms with Gasteiger partial charge < -0.3 is 5.32 Å². The highest BCUT2D eigenvalue weighted by Gasteiger charge is 2.13. The molecule has 0 aliphatic carbocycles. The number of carbonyl (C=O) groups excluding carboxylic acids is 1. The van der Waals surface area contributed by atoms with Gasteiger partial charge in [0.05, 0.1) is 21.6 Å². The maximum atomic E-state index is 12.7. The minimum atomic E-state index is -3.79. The van der Waals surface area contributed by atoms with E-state index in [1.807, 2.05) is 0 Å². The highest BCUT2D eigenvalue weighted by Crippen LogP contribution is 2.19. The number of nitrogens with one attached hydrogen (secondary N) is 1. The number of aromatic nitrogens is 2. The molecule has 0 saturated carbocycles. The molecule has 10 heteroatoms. The van der Waals surface area contributed by atoms with Crippen molar-refractivity contribution in [1.82, 2.24) is 9.55 Å². The number of carbonyl (C=O) groups is 1. The first kappa shape index (κ1) is 20.8. The molecule has 3 rings (SSSR count). The van der Waals surface area contributed by atoms with Crippen molar-refractivity contribution in [3.63, 3.8) is 0 Å². The average molecular weight is 431 g/mol. The van der Waals surface area contributed by atoms with Gasteiger partial charge in [0.2, 0.25) is 15.9 Å². The van der Waals surface area contributed by atoms with Crippen LogP contribution in [0.2, 0.25) is 0 Å². The van der Waals surface area contributed by atoms with Gasteiger partial charge in [0, 0.05) is 12.2 Å². The first-order valence-corrected chi connectivity index (χ1v) is 11.0. The molecule has 0 saturated heterocycles. The van der Waals surface area contributed by atoms with Crippen molar-refractivity contribution < 1.29 is 13.2 Å². The molecule has 3 aromatic rings. The van der Waals surface area contributed by atoms with E-state index in [1.54, 1.807) is 30.3 Å². The van der Waals surface area contributed by atoms with Crippen molar-refractivity contribution in [3.05, 3.63) is 71.5 Å². The molecule has 0 radical (unpaired) electrons. The number of anilines is 1. The number of nitrogens with zero attached hydrogens (tertiary/aromatic N) is 2. The van der Waals surface area contributed by atoms with Crippen LogP contribution >= 0.6 is 11.8 Å². The van der Waals surface area contributed by atoms with E-state index >= 15 is 0 Å². The molecule has 1 amide bonds. The van der Waals surface area contributed by atoms with Crippen LogP contribution < -0.4 is 16.0 Å². The summed E-state index contributed by atoms with van der Waals surface area (Å²) in [7, 11) is -3.79. The number of hydrogen-bond acceptors (Lipinski definition) is 6. The lowest BCUT2D eigenvalue weighted by atomic mass is 10.2. The summed E-state index contributed by atoms with van der Waals surface area (Å²) in [6.07, 6.45) is 1.59. The van der Waals surface area contributed by atoms with Crippen molar-refractivity contribution >= 4 is 44.3 Å². The molecular formula is C19H18N4O4S2. The Balaban J connectivity index is 1.76. The van der Waals surface area contributed by atoms with E-state index in [-0.39, 0.29) is 28.7 Å². The third kappa shape index (κ3) is 4.91. The summed E-state index contributed by atoms with van der Waals surface area (Å²) in [5, 5.41) is 8.62. The SMILES string of the molecule is C=CCn1c(SCC(=O)Nc2ccc(S(N)(=O)=O)cc2)nc2ccccc2c1=O. The van der Waals surface area contributed by atoms with Crippen LogP contribution in [0.1, 0.15) is 0 Å². The third-order valence-electron chi connectivity index (χ3n) is 3.94. The Morgan fingerprint density at radius 3 is 2.55 bits per heavy atom. The van der Waals surface area contributed by atoms with Gasteiger partial charge in [-0.2, -0.15) is 0 Å². The summed E-state index contributed by atoms with van der Waals surface area (Å²) in [5.41, 5.74) is 0.786. The zero-order valence-electron chi connectivity index (χ0n) is 15.2. The van der Waals surface area contributed by atoms with E-state index in [0.29, 0.717) is 21.7 Å². The predicted molar refractivity (Wildman–Crippen MR) is 113 cm³/mol. The number of rotatable bonds is 7. The van der Waals surface area contributed by atoms with E-state index in [4.69, 9.17) is 5.14 Å². The zero-order valence-corrected chi connectivity index (χ0v) is 16.9. The Hall–Kier alpha value is -2.95. The molecule has 0 aliphatic heterocycles. The molecule has 0 aliphatic rings. The molecule has 0 fully saturated rings. The summed E-state index contributed by atoms with van der Waals surface area (Å²) in [4.78, 5) is 29.4. The Morgan fingerprint density at radius 1 is 1.21 bits per heavy atom. The molecule has 0 spiro atoms. The first-order chi connectivity index (χ1) is 13.8. The van der Waals surface area contributed by atoms with Gasteiger partial charge in [-0.3, -0.25) is 14.2 Å². The lowest BCUT2D eigenvalue weighted by molar-refractivity contribution is -0.113. The molecule has 0 unspecified atom stereocenters. The van der Waals surface area contributed by atoms with E-state index in [9.17, 15) is 18.0 Å². The van der Waals surface area contributed by atoms with Crippen LogP contribution in [0.15, 0.2) is 76.0 Å². The fourth-order valence-corrected chi connectivity index (χ4v) is 3.93. The third-order valence-corrected chi connectivity index (χ3v) is 5.84. The van der Waals surface area contributed by atoms with Crippen molar-refractivity contribution in [2.24, 2.45) is 5.14 Å². The van der Waals surface area contributed by atoms with Crippen LogP contribution in [0.3, 0.4) is 0 Å². The topological polar surface area (TPSA) is 124 Å². The molecule has 1 aromatic heterocycles. The van der Waals surface area contributed by atoms with Gasteiger partial charge in [0.25, 0.3) is 5.56 Å². The van der Waals surface area contributed by atoms with Crippen LogP contribution in [0.4, 0.5) is 5.69 Å². The number of fused-ring (bicyclic) bond motifs is 1. The predicted octanol–water partition coefficient (Wildman–Crippen LogP) is 1.96. The Kier molecular flexibility index (Phi) is 6.16. The number of allylic oxidation sites excluding steroid dienone is 1. The smallest absolute Gasteiger partial charge is 0.262 e. The Morgan fingerprint density at radius 2 is 1.90 bits per heavy atom. The molecule has 29 heavy (non-hydrogen) atoms. The maximum absolute atomic E-state index is 12.7. The highest BCUT2D eigenvalue weighted by atomic mass is 32.2.